The number of hydrogen-bond acceptors (Lipinski definition) is 4. The van der Waals surface area contributed by atoms with Crippen LogP contribution in [0.4, 0.5) is 5.69 Å². The van der Waals surface area contributed by atoms with Crippen molar-refractivity contribution in [2.24, 2.45) is 4.99 Å². The summed E-state index contributed by atoms with van der Waals surface area (Å²) in [5.41, 5.74) is 3.11. The molecule has 0 aliphatic heterocycles. The molecule has 0 bridgehead atoms. The van der Waals surface area contributed by atoms with Crippen molar-refractivity contribution in [2.45, 2.75) is 40.3 Å². The van der Waals surface area contributed by atoms with Gasteiger partial charge in [0.2, 0.25) is 5.96 Å². The molecule has 0 spiro atoms. The maximum absolute atomic E-state index is 12.8. The van der Waals surface area contributed by atoms with Gasteiger partial charge in [0.1, 0.15) is 5.75 Å². The number of nitrogens with one attached hydrogen (secondary N) is 2. The number of amides is 1. The molecule has 0 radical (unpaired) electrons. The molecular weight excluding hydrogens is 426 g/mol. The van der Waals surface area contributed by atoms with Crippen molar-refractivity contribution in [2.75, 3.05) is 11.9 Å². The lowest BCUT2D eigenvalue weighted by molar-refractivity contribution is 0.0977. The molecule has 8 heteroatoms. The Morgan fingerprint density at radius 1 is 1.16 bits per heavy atom. The maximum Gasteiger partial charge on any atom is 0.257 e. The quantitative estimate of drug-likeness (QED) is 0.369. The summed E-state index contributed by atoms with van der Waals surface area (Å²) in [5, 5.41) is 11.2. The van der Waals surface area contributed by atoms with Gasteiger partial charge in [0, 0.05) is 28.9 Å². The molecule has 3 aromatic rings. The zero-order valence-electron chi connectivity index (χ0n) is 18.6. The number of halogens is 1. The lowest BCUT2D eigenvalue weighted by Gasteiger charge is -2.15. The van der Waals surface area contributed by atoms with Gasteiger partial charge in [0.15, 0.2) is 0 Å². The highest BCUT2D eigenvalue weighted by Gasteiger charge is 2.12. The van der Waals surface area contributed by atoms with Gasteiger partial charge < -0.3 is 10.1 Å². The molecule has 1 amide bonds. The predicted octanol–water partition coefficient (Wildman–Crippen LogP) is 5.05. The van der Waals surface area contributed by atoms with Gasteiger partial charge in [0.25, 0.3) is 5.91 Å². The highest BCUT2D eigenvalue weighted by atomic mass is 35.5. The van der Waals surface area contributed by atoms with E-state index in [4.69, 9.17) is 16.3 Å². The number of carbonyl (C=O) groups excluding carboxylic acids is 1. The van der Waals surface area contributed by atoms with Crippen molar-refractivity contribution in [3.8, 4) is 5.75 Å². The molecule has 0 unspecified atom stereocenters. The summed E-state index contributed by atoms with van der Waals surface area (Å²) in [4.78, 5) is 17.5. The Hall–Kier alpha value is -3.32. The Balaban J connectivity index is 1.85. The van der Waals surface area contributed by atoms with Crippen molar-refractivity contribution in [1.29, 1.82) is 0 Å². The number of hydrogen-bond donors (Lipinski definition) is 2. The van der Waals surface area contributed by atoms with E-state index in [-0.39, 0.29) is 5.91 Å². The Morgan fingerprint density at radius 3 is 2.62 bits per heavy atom. The summed E-state index contributed by atoms with van der Waals surface area (Å²) < 4.78 is 7.62. The predicted molar refractivity (Wildman–Crippen MR) is 129 cm³/mol. The minimum atomic E-state index is -0.291. The molecular formula is C24H28ClN5O2. The number of para-hydroxylation sites is 2. The van der Waals surface area contributed by atoms with Gasteiger partial charge in [-0.05, 0) is 56.7 Å². The monoisotopic (exact) mass is 453 g/mol. The molecule has 2 N–H and O–H groups in total. The maximum atomic E-state index is 12.8. The number of guanidine groups is 1. The summed E-state index contributed by atoms with van der Waals surface area (Å²) in [6.45, 7) is 7.74. The van der Waals surface area contributed by atoms with E-state index in [9.17, 15) is 4.79 Å². The summed E-state index contributed by atoms with van der Waals surface area (Å²) >= 11 is 5.94. The fourth-order valence-corrected chi connectivity index (χ4v) is 3.22. The lowest BCUT2D eigenvalue weighted by atomic mass is 10.2. The number of aryl methyl sites for hydroxylation is 2. The molecule has 7 nitrogen and oxygen atoms in total. The summed E-state index contributed by atoms with van der Waals surface area (Å²) in [5.74, 6) is 0.704. The van der Waals surface area contributed by atoms with Gasteiger partial charge in [-0.3, -0.25) is 14.8 Å². The van der Waals surface area contributed by atoms with E-state index in [2.05, 4.69) is 27.6 Å². The average molecular weight is 454 g/mol. The molecule has 2 aromatic carbocycles. The number of benzene rings is 2. The van der Waals surface area contributed by atoms with Crippen LogP contribution in [-0.4, -0.2) is 28.3 Å². The number of rotatable bonds is 8. The molecule has 3 rings (SSSR count). The molecule has 0 aliphatic rings. The molecule has 0 saturated heterocycles. The highest BCUT2D eigenvalue weighted by Crippen LogP contribution is 2.23. The van der Waals surface area contributed by atoms with Crippen molar-refractivity contribution in [3.63, 3.8) is 0 Å². The number of carbonyl (C=O) groups is 1. The van der Waals surface area contributed by atoms with E-state index in [0.717, 1.165) is 24.2 Å². The zero-order chi connectivity index (χ0) is 22.9. The van der Waals surface area contributed by atoms with Crippen LogP contribution in [-0.2, 0) is 13.1 Å². The molecule has 168 valence electrons. The van der Waals surface area contributed by atoms with Crippen LogP contribution in [0.2, 0.25) is 5.02 Å². The van der Waals surface area contributed by atoms with Crippen LogP contribution in [0, 0.1) is 6.92 Å². The van der Waals surface area contributed by atoms with Crippen LogP contribution in [0.5, 0.6) is 5.75 Å². The van der Waals surface area contributed by atoms with Gasteiger partial charge in [-0.2, -0.15) is 5.10 Å². The average Bonchev–Trinajstić information content (AvgIpc) is 3.13. The Bertz CT molecular complexity index is 1080. The molecule has 32 heavy (non-hydrogen) atoms. The second-order valence-electron chi connectivity index (χ2n) is 7.18. The third-order valence-electron chi connectivity index (χ3n) is 4.69. The lowest BCUT2D eigenvalue weighted by Crippen LogP contribution is -2.36. The Morgan fingerprint density at radius 2 is 1.91 bits per heavy atom. The first-order valence-corrected chi connectivity index (χ1v) is 11.0. The van der Waals surface area contributed by atoms with Crippen molar-refractivity contribution < 1.29 is 9.53 Å². The molecule has 0 aliphatic carbocycles. The topological polar surface area (TPSA) is 80.5 Å². The van der Waals surface area contributed by atoms with Crippen LogP contribution in [0.15, 0.2) is 59.7 Å². The van der Waals surface area contributed by atoms with Crippen molar-refractivity contribution in [3.05, 3.63) is 76.6 Å². The number of anilines is 1. The van der Waals surface area contributed by atoms with Gasteiger partial charge in [-0.1, -0.05) is 30.7 Å². The summed E-state index contributed by atoms with van der Waals surface area (Å²) in [7, 11) is 0. The van der Waals surface area contributed by atoms with E-state index in [1.807, 2.05) is 49.0 Å². The molecule has 1 heterocycles. The summed E-state index contributed by atoms with van der Waals surface area (Å²) in [6, 6.07) is 14.2. The van der Waals surface area contributed by atoms with Gasteiger partial charge in [-0.15, -0.1) is 0 Å². The Kier molecular flexibility index (Phi) is 8.27. The third kappa shape index (κ3) is 6.34. The Labute approximate surface area is 193 Å². The summed E-state index contributed by atoms with van der Waals surface area (Å²) in [6.07, 6.45) is 3.00. The van der Waals surface area contributed by atoms with Crippen LogP contribution in [0.1, 0.15) is 41.9 Å². The SMILES string of the molecule is CCCn1cc(CN=C(NC(=O)c2ccc(Cl)cc2)Nc2ccccc2OCC)c(C)n1. The smallest absolute Gasteiger partial charge is 0.257 e. The van der Waals surface area contributed by atoms with Crippen molar-refractivity contribution in [1.82, 2.24) is 15.1 Å². The fourth-order valence-electron chi connectivity index (χ4n) is 3.09. The van der Waals surface area contributed by atoms with Gasteiger partial charge in [0.05, 0.1) is 24.5 Å². The van der Waals surface area contributed by atoms with E-state index in [1.54, 1.807) is 24.3 Å². The minimum Gasteiger partial charge on any atom is -0.492 e. The number of aromatic nitrogens is 2. The first-order valence-electron chi connectivity index (χ1n) is 10.6. The third-order valence-corrected chi connectivity index (χ3v) is 4.94. The normalized spacial score (nSPS) is 11.3. The molecule has 1 aromatic heterocycles. The number of nitrogens with zero attached hydrogens (tertiary/aromatic N) is 3. The molecule has 0 saturated carbocycles. The first kappa shape index (κ1) is 23.3. The molecule has 0 atom stereocenters. The first-order chi connectivity index (χ1) is 15.5. The second-order valence-corrected chi connectivity index (χ2v) is 7.62. The van der Waals surface area contributed by atoms with Crippen LogP contribution >= 0.6 is 11.6 Å². The fraction of sp³-hybridized carbons (Fsp3) is 0.292. The standard InChI is InChI=1S/C24H28ClN5O2/c1-4-14-30-16-19(17(3)29-30)15-26-24(27-21-8-6-7-9-22(21)32-5-2)28-23(31)18-10-12-20(25)13-11-18/h6-13,16H,4-5,14-15H2,1-3H3,(H2,26,27,28,31). The van der Waals surface area contributed by atoms with E-state index < -0.39 is 0 Å². The molecule has 0 fully saturated rings. The second kappa shape index (κ2) is 11.3. The van der Waals surface area contributed by atoms with Gasteiger partial charge in [-0.25, -0.2) is 4.99 Å². The number of aliphatic imine (C=N–C) groups is 1. The van der Waals surface area contributed by atoms with Crippen LogP contribution in [0.3, 0.4) is 0 Å². The largest absolute Gasteiger partial charge is 0.492 e. The number of ether oxygens (including phenoxy) is 1. The zero-order valence-corrected chi connectivity index (χ0v) is 19.3. The van der Waals surface area contributed by atoms with Crippen LogP contribution in [0.25, 0.3) is 0 Å². The van der Waals surface area contributed by atoms with E-state index in [0.29, 0.717) is 41.1 Å². The van der Waals surface area contributed by atoms with E-state index >= 15 is 0 Å². The van der Waals surface area contributed by atoms with E-state index in [1.165, 1.54) is 0 Å². The van der Waals surface area contributed by atoms with Gasteiger partial charge >= 0.3 is 0 Å². The highest BCUT2D eigenvalue weighted by molar-refractivity contribution is 6.30. The van der Waals surface area contributed by atoms with Crippen LogP contribution < -0.4 is 15.4 Å². The van der Waals surface area contributed by atoms with Crippen molar-refractivity contribution >= 4 is 29.2 Å². The minimum absolute atomic E-state index is 0.291.